The number of para-hydroxylation sites is 1. The van der Waals surface area contributed by atoms with Crippen LogP contribution in [0.25, 0.3) is 0 Å². The number of imidazole rings is 1. The molecule has 0 radical (unpaired) electrons. The van der Waals surface area contributed by atoms with E-state index in [0.29, 0.717) is 12.3 Å². The van der Waals surface area contributed by atoms with Crippen LogP contribution in [0.3, 0.4) is 0 Å². The molecule has 0 fully saturated rings. The van der Waals surface area contributed by atoms with Crippen molar-refractivity contribution in [2.45, 2.75) is 19.6 Å². The smallest absolute Gasteiger partial charge is 0.261 e. The first-order valence-corrected chi connectivity index (χ1v) is 5.73. The fraction of sp³-hybridized carbons (Fsp3) is 0.231. The summed E-state index contributed by atoms with van der Waals surface area (Å²) < 4.78 is 5.50. The number of hydrogen-bond acceptors (Lipinski definition) is 3. The number of H-pyrrole nitrogens is 1. The summed E-state index contributed by atoms with van der Waals surface area (Å²) in [6.07, 6.45) is 2.82. The molecule has 0 spiro atoms. The van der Waals surface area contributed by atoms with E-state index in [1.165, 1.54) is 0 Å². The zero-order chi connectivity index (χ0) is 12.8. The van der Waals surface area contributed by atoms with Gasteiger partial charge in [-0.25, -0.2) is 4.98 Å². The zero-order valence-corrected chi connectivity index (χ0v) is 10.1. The van der Waals surface area contributed by atoms with Gasteiger partial charge in [0.05, 0.1) is 6.54 Å². The molecule has 1 unspecified atom stereocenters. The second-order valence-electron chi connectivity index (χ2n) is 3.83. The Balaban J connectivity index is 1.82. The molecule has 18 heavy (non-hydrogen) atoms. The molecule has 94 valence electrons. The van der Waals surface area contributed by atoms with Crippen molar-refractivity contribution in [1.29, 1.82) is 0 Å². The predicted molar refractivity (Wildman–Crippen MR) is 67.0 cm³/mol. The first kappa shape index (κ1) is 12.2. The van der Waals surface area contributed by atoms with E-state index in [0.717, 1.165) is 5.82 Å². The third kappa shape index (κ3) is 3.35. The molecule has 0 aliphatic heterocycles. The summed E-state index contributed by atoms with van der Waals surface area (Å²) in [5.74, 6) is 1.23. The molecule has 1 amide bonds. The van der Waals surface area contributed by atoms with Crippen molar-refractivity contribution < 1.29 is 9.53 Å². The van der Waals surface area contributed by atoms with Crippen LogP contribution in [-0.2, 0) is 11.3 Å². The minimum atomic E-state index is -0.539. The Kier molecular flexibility index (Phi) is 3.96. The number of rotatable bonds is 5. The van der Waals surface area contributed by atoms with Crippen molar-refractivity contribution in [3.63, 3.8) is 0 Å². The van der Waals surface area contributed by atoms with E-state index in [-0.39, 0.29) is 5.91 Å². The Labute approximate surface area is 105 Å². The molecule has 5 nitrogen and oxygen atoms in total. The number of carbonyl (C=O) groups is 1. The number of hydrogen-bond donors (Lipinski definition) is 2. The van der Waals surface area contributed by atoms with Gasteiger partial charge in [-0.3, -0.25) is 4.79 Å². The second kappa shape index (κ2) is 5.86. The number of aromatic amines is 1. The van der Waals surface area contributed by atoms with Gasteiger partial charge < -0.3 is 15.0 Å². The van der Waals surface area contributed by atoms with Crippen molar-refractivity contribution in [2.75, 3.05) is 0 Å². The van der Waals surface area contributed by atoms with E-state index in [1.54, 1.807) is 19.3 Å². The van der Waals surface area contributed by atoms with Crippen LogP contribution in [0.2, 0.25) is 0 Å². The lowest BCUT2D eigenvalue weighted by atomic mass is 10.3. The van der Waals surface area contributed by atoms with E-state index in [2.05, 4.69) is 15.3 Å². The molecule has 1 aromatic carbocycles. The van der Waals surface area contributed by atoms with Gasteiger partial charge in [0.1, 0.15) is 11.6 Å². The van der Waals surface area contributed by atoms with Gasteiger partial charge in [0, 0.05) is 12.4 Å². The van der Waals surface area contributed by atoms with Crippen LogP contribution < -0.4 is 10.1 Å². The van der Waals surface area contributed by atoms with Crippen molar-refractivity contribution in [2.24, 2.45) is 0 Å². The second-order valence-corrected chi connectivity index (χ2v) is 3.83. The average Bonchev–Trinajstić information content (AvgIpc) is 2.90. The highest BCUT2D eigenvalue weighted by Gasteiger charge is 2.14. The van der Waals surface area contributed by atoms with Gasteiger partial charge >= 0.3 is 0 Å². The molecule has 2 N–H and O–H groups in total. The van der Waals surface area contributed by atoms with Crippen LogP contribution in [0.5, 0.6) is 5.75 Å². The topological polar surface area (TPSA) is 67.0 Å². The normalized spacial score (nSPS) is 11.8. The van der Waals surface area contributed by atoms with E-state index >= 15 is 0 Å². The van der Waals surface area contributed by atoms with Crippen LogP contribution in [0, 0.1) is 0 Å². The summed E-state index contributed by atoms with van der Waals surface area (Å²) in [5, 5.41) is 2.75. The van der Waals surface area contributed by atoms with Crippen LogP contribution in [0.4, 0.5) is 0 Å². The molecule has 2 rings (SSSR count). The van der Waals surface area contributed by atoms with Gasteiger partial charge in [0.2, 0.25) is 0 Å². The van der Waals surface area contributed by atoms with Gasteiger partial charge in [0.15, 0.2) is 6.10 Å². The summed E-state index contributed by atoms with van der Waals surface area (Å²) in [5.41, 5.74) is 0. The SMILES string of the molecule is CC(Oc1ccccc1)C(=O)NCc1ncc[nH]1. The predicted octanol–water partition coefficient (Wildman–Crippen LogP) is 1.49. The van der Waals surface area contributed by atoms with Crippen LogP contribution >= 0.6 is 0 Å². The first-order valence-electron chi connectivity index (χ1n) is 5.73. The van der Waals surface area contributed by atoms with Gasteiger partial charge in [-0.15, -0.1) is 0 Å². The maximum absolute atomic E-state index is 11.8. The molecule has 0 saturated carbocycles. The zero-order valence-electron chi connectivity index (χ0n) is 10.1. The Morgan fingerprint density at radius 1 is 1.44 bits per heavy atom. The summed E-state index contributed by atoms with van der Waals surface area (Å²) in [7, 11) is 0. The highest BCUT2D eigenvalue weighted by Crippen LogP contribution is 2.10. The van der Waals surface area contributed by atoms with E-state index in [4.69, 9.17) is 4.74 Å². The first-order chi connectivity index (χ1) is 8.75. The van der Waals surface area contributed by atoms with Crippen LogP contribution in [-0.4, -0.2) is 22.0 Å². The quantitative estimate of drug-likeness (QED) is 0.838. The Bertz CT molecular complexity index is 482. The third-order valence-electron chi connectivity index (χ3n) is 2.41. The fourth-order valence-electron chi connectivity index (χ4n) is 1.47. The van der Waals surface area contributed by atoms with E-state index < -0.39 is 6.10 Å². The van der Waals surface area contributed by atoms with Crippen molar-refractivity contribution in [3.8, 4) is 5.75 Å². The summed E-state index contributed by atoms with van der Waals surface area (Å²) in [6.45, 7) is 2.08. The van der Waals surface area contributed by atoms with Crippen LogP contribution in [0.1, 0.15) is 12.7 Å². The maximum atomic E-state index is 11.8. The lowest BCUT2D eigenvalue weighted by Crippen LogP contribution is -2.36. The monoisotopic (exact) mass is 245 g/mol. The molecule has 1 heterocycles. The highest BCUT2D eigenvalue weighted by molar-refractivity contribution is 5.80. The molecule has 0 aliphatic rings. The highest BCUT2D eigenvalue weighted by atomic mass is 16.5. The fourth-order valence-corrected chi connectivity index (χ4v) is 1.47. The number of aromatic nitrogens is 2. The van der Waals surface area contributed by atoms with Gasteiger partial charge in [0.25, 0.3) is 5.91 Å². The Morgan fingerprint density at radius 3 is 2.89 bits per heavy atom. The van der Waals surface area contributed by atoms with E-state index in [1.807, 2.05) is 30.3 Å². The average molecular weight is 245 g/mol. The number of nitrogens with zero attached hydrogens (tertiary/aromatic N) is 1. The maximum Gasteiger partial charge on any atom is 0.261 e. The van der Waals surface area contributed by atoms with Gasteiger partial charge in [-0.2, -0.15) is 0 Å². The van der Waals surface area contributed by atoms with Crippen molar-refractivity contribution in [1.82, 2.24) is 15.3 Å². The minimum Gasteiger partial charge on any atom is -0.481 e. The number of benzene rings is 1. The third-order valence-corrected chi connectivity index (χ3v) is 2.41. The van der Waals surface area contributed by atoms with Gasteiger partial charge in [-0.05, 0) is 19.1 Å². The number of carbonyl (C=O) groups excluding carboxylic acids is 1. The van der Waals surface area contributed by atoms with Crippen molar-refractivity contribution in [3.05, 3.63) is 48.5 Å². The largest absolute Gasteiger partial charge is 0.481 e. The molecule has 0 aliphatic carbocycles. The standard InChI is InChI=1S/C13H15N3O2/c1-10(18-11-5-3-2-4-6-11)13(17)16-9-12-14-7-8-15-12/h2-8,10H,9H2,1H3,(H,14,15)(H,16,17). The lowest BCUT2D eigenvalue weighted by molar-refractivity contribution is -0.127. The number of ether oxygens (including phenoxy) is 1. The molecule has 2 aromatic rings. The van der Waals surface area contributed by atoms with Crippen molar-refractivity contribution >= 4 is 5.91 Å². The molecule has 1 atom stereocenters. The molecule has 0 saturated heterocycles. The number of nitrogens with one attached hydrogen (secondary N) is 2. The summed E-state index contributed by atoms with van der Waals surface area (Å²) in [6, 6.07) is 9.26. The molecular weight excluding hydrogens is 230 g/mol. The summed E-state index contributed by atoms with van der Waals surface area (Å²) in [4.78, 5) is 18.7. The van der Waals surface area contributed by atoms with Gasteiger partial charge in [-0.1, -0.05) is 18.2 Å². The molecule has 0 bridgehead atoms. The molecule has 5 heteroatoms. The molecule has 1 aromatic heterocycles. The Hall–Kier alpha value is -2.30. The Morgan fingerprint density at radius 2 is 2.22 bits per heavy atom. The van der Waals surface area contributed by atoms with Crippen LogP contribution in [0.15, 0.2) is 42.7 Å². The number of amides is 1. The molecular formula is C13H15N3O2. The minimum absolute atomic E-state index is 0.171. The van der Waals surface area contributed by atoms with E-state index in [9.17, 15) is 4.79 Å². The lowest BCUT2D eigenvalue weighted by Gasteiger charge is -2.14. The summed E-state index contributed by atoms with van der Waals surface area (Å²) >= 11 is 0.